The molecule has 1 N–H and O–H groups in total. The molecule has 1 aromatic heterocycles. The molecule has 0 amide bonds. The van der Waals surface area contributed by atoms with Gasteiger partial charge in [0.2, 0.25) is 0 Å². The van der Waals surface area contributed by atoms with E-state index in [4.69, 9.17) is 4.74 Å². The Hall–Kier alpha value is -1.36. The highest BCUT2D eigenvalue weighted by atomic mass is 16.5. The van der Waals surface area contributed by atoms with Crippen LogP contribution in [0, 0.1) is 5.41 Å². The molecule has 0 aliphatic carbocycles. The number of carbonyl (C=O) groups is 1. The summed E-state index contributed by atoms with van der Waals surface area (Å²) >= 11 is 0. The predicted molar refractivity (Wildman–Crippen MR) is 77.6 cm³/mol. The Balaban J connectivity index is 2.37. The molecule has 0 bridgehead atoms. The summed E-state index contributed by atoms with van der Waals surface area (Å²) in [5, 5.41) is 7.93. The van der Waals surface area contributed by atoms with Gasteiger partial charge in [-0.2, -0.15) is 5.10 Å². The van der Waals surface area contributed by atoms with Crippen LogP contribution in [0.1, 0.15) is 57.2 Å². The van der Waals surface area contributed by atoms with Crippen LogP contribution < -0.4 is 5.32 Å². The average Bonchev–Trinajstić information content (AvgIpc) is 2.71. The summed E-state index contributed by atoms with van der Waals surface area (Å²) in [7, 11) is 0. The van der Waals surface area contributed by atoms with Crippen LogP contribution in [-0.2, 0) is 16.8 Å². The maximum Gasteiger partial charge on any atom is 0.358 e. The molecule has 2 heterocycles. The fourth-order valence-corrected chi connectivity index (χ4v) is 3.21. The highest BCUT2D eigenvalue weighted by Crippen LogP contribution is 2.34. The van der Waals surface area contributed by atoms with Crippen molar-refractivity contribution in [1.29, 1.82) is 0 Å². The van der Waals surface area contributed by atoms with Crippen molar-refractivity contribution in [1.82, 2.24) is 15.1 Å². The van der Waals surface area contributed by atoms with Gasteiger partial charge < -0.3 is 10.1 Å². The van der Waals surface area contributed by atoms with Gasteiger partial charge >= 0.3 is 5.97 Å². The third kappa shape index (κ3) is 3.03. The summed E-state index contributed by atoms with van der Waals surface area (Å²) in [5.74, 6) is -0.346. The molecule has 0 spiro atoms. The van der Waals surface area contributed by atoms with Crippen LogP contribution in [-0.4, -0.2) is 28.9 Å². The molecule has 5 heteroatoms. The van der Waals surface area contributed by atoms with Crippen molar-refractivity contribution in [2.75, 3.05) is 13.2 Å². The number of aromatic nitrogens is 2. The molecule has 1 aliphatic heterocycles. The molecule has 0 unspecified atom stereocenters. The molecule has 5 nitrogen and oxygen atoms in total. The standard InChI is InChI=1S/C15H25N3O2/c1-6-20-13(19)12-7-11-8-16-10-14(2,3)9-15(4,5)18(11)17-12/h7,16H,6,8-10H2,1-5H3. The molecule has 2 rings (SSSR count). The number of nitrogens with one attached hydrogen (secondary N) is 1. The van der Waals surface area contributed by atoms with E-state index in [-0.39, 0.29) is 16.9 Å². The topological polar surface area (TPSA) is 56.2 Å². The predicted octanol–water partition coefficient (Wildman–Crippen LogP) is 2.31. The molecule has 112 valence electrons. The molecular weight excluding hydrogens is 254 g/mol. The Kier molecular flexibility index (Phi) is 3.91. The van der Waals surface area contributed by atoms with Crippen molar-refractivity contribution in [3.05, 3.63) is 17.5 Å². The number of nitrogens with zero attached hydrogens (tertiary/aromatic N) is 2. The van der Waals surface area contributed by atoms with Crippen LogP contribution in [0.2, 0.25) is 0 Å². The van der Waals surface area contributed by atoms with E-state index in [1.165, 1.54) is 0 Å². The number of ether oxygens (including phenoxy) is 1. The van der Waals surface area contributed by atoms with Gasteiger partial charge in [-0.3, -0.25) is 4.68 Å². The second-order valence-electron chi connectivity index (χ2n) is 6.91. The minimum atomic E-state index is -0.346. The molecule has 0 radical (unpaired) electrons. The molecular formula is C15H25N3O2. The summed E-state index contributed by atoms with van der Waals surface area (Å²) in [4.78, 5) is 11.9. The Morgan fingerprint density at radius 3 is 2.80 bits per heavy atom. The first-order valence-electron chi connectivity index (χ1n) is 7.22. The average molecular weight is 279 g/mol. The minimum Gasteiger partial charge on any atom is -0.461 e. The van der Waals surface area contributed by atoms with E-state index < -0.39 is 0 Å². The van der Waals surface area contributed by atoms with Gasteiger partial charge in [0.25, 0.3) is 0 Å². The highest BCUT2D eigenvalue weighted by molar-refractivity contribution is 5.87. The summed E-state index contributed by atoms with van der Waals surface area (Å²) in [6.07, 6.45) is 0.990. The van der Waals surface area contributed by atoms with Gasteiger partial charge in [-0.25, -0.2) is 4.79 Å². The van der Waals surface area contributed by atoms with Crippen LogP contribution in [0.3, 0.4) is 0 Å². The maximum atomic E-state index is 11.9. The van der Waals surface area contributed by atoms with E-state index in [2.05, 4.69) is 38.1 Å². The fourth-order valence-electron chi connectivity index (χ4n) is 3.21. The molecule has 0 aromatic carbocycles. The quantitative estimate of drug-likeness (QED) is 0.844. The maximum absolute atomic E-state index is 11.9. The summed E-state index contributed by atoms with van der Waals surface area (Å²) in [6.45, 7) is 12.7. The zero-order valence-corrected chi connectivity index (χ0v) is 13.1. The minimum absolute atomic E-state index is 0.119. The lowest BCUT2D eigenvalue weighted by Crippen LogP contribution is -2.42. The van der Waals surface area contributed by atoms with Crippen LogP contribution >= 0.6 is 0 Å². The SMILES string of the molecule is CCOC(=O)c1cc2n(n1)C(C)(C)CC(C)(C)CNC2. The van der Waals surface area contributed by atoms with Crippen molar-refractivity contribution < 1.29 is 9.53 Å². The summed E-state index contributed by atoms with van der Waals surface area (Å²) < 4.78 is 7.02. The van der Waals surface area contributed by atoms with Crippen molar-refractivity contribution in [3.8, 4) is 0 Å². The number of hydrogen-bond donors (Lipinski definition) is 1. The Morgan fingerprint density at radius 2 is 2.15 bits per heavy atom. The normalized spacial score (nSPS) is 20.6. The van der Waals surface area contributed by atoms with E-state index in [0.29, 0.717) is 12.3 Å². The van der Waals surface area contributed by atoms with Gasteiger partial charge in [-0.15, -0.1) is 0 Å². The third-order valence-electron chi connectivity index (χ3n) is 3.66. The van der Waals surface area contributed by atoms with Gasteiger partial charge in [-0.05, 0) is 38.7 Å². The molecule has 0 fully saturated rings. The van der Waals surface area contributed by atoms with E-state index in [1.807, 2.05) is 10.7 Å². The largest absolute Gasteiger partial charge is 0.461 e. The zero-order valence-electron chi connectivity index (χ0n) is 13.1. The van der Waals surface area contributed by atoms with E-state index >= 15 is 0 Å². The van der Waals surface area contributed by atoms with Gasteiger partial charge in [0.1, 0.15) is 0 Å². The molecule has 0 atom stereocenters. The van der Waals surface area contributed by atoms with Crippen LogP contribution in [0.4, 0.5) is 0 Å². The lowest BCUT2D eigenvalue weighted by molar-refractivity contribution is 0.0516. The van der Waals surface area contributed by atoms with Crippen molar-refractivity contribution in [3.63, 3.8) is 0 Å². The first kappa shape index (κ1) is 15.0. The van der Waals surface area contributed by atoms with Crippen molar-refractivity contribution >= 4 is 5.97 Å². The molecule has 0 saturated carbocycles. The summed E-state index contributed by atoms with van der Waals surface area (Å²) in [6, 6.07) is 1.84. The molecule has 0 saturated heterocycles. The van der Waals surface area contributed by atoms with Gasteiger partial charge in [-0.1, -0.05) is 13.8 Å². The number of hydrogen-bond acceptors (Lipinski definition) is 4. The van der Waals surface area contributed by atoms with E-state index in [0.717, 1.165) is 25.2 Å². The molecule has 1 aliphatic rings. The third-order valence-corrected chi connectivity index (χ3v) is 3.66. The van der Waals surface area contributed by atoms with Crippen LogP contribution in [0.5, 0.6) is 0 Å². The molecule has 20 heavy (non-hydrogen) atoms. The Morgan fingerprint density at radius 1 is 1.45 bits per heavy atom. The lowest BCUT2D eigenvalue weighted by Gasteiger charge is -2.38. The smallest absolute Gasteiger partial charge is 0.358 e. The number of carbonyl (C=O) groups excluding carboxylic acids is 1. The number of esters is 1. The first-order valence-corrected chi connectivity index (χ1v) is 7.22. The second kappa shape index (κ2) is 5.20. The first-order chi connectivity index (χ1) is 9.25. The fraction of sp³-hybridized carbons (Fsp3) is 0.733. The highest BCUT2D eigenvalue weighted by Gasteiger charge is 2.34. The summed E-state index contributed by atoms with van der Waals surface area (Å²) in [5.41, 5.74) is 1.51. The number of fused-ring (bicyclic) bond motifs is 1. The lowest BCUT2D eigenvalue weighted by atomic mass is 9.79. The van der Waals surface area contributed by atoms with Crippen molar-refractivity contribution in [2.45, 2.75) is 53.1 Å². The van der Waals surface area contributed by atoms with E-state index in [9.17, 15) is 4.79 Å². The number of rotatable bonds is 2. The Bertz CT molecular complexity index is 503. The van der Waals surface area contributed by atoms with Gasteiger partial charge in [0.05, 0.1) is 17.8 Å². The van der Waals surface area contributed by atoms with E-state index in [1.54, 1.807) is 6.92 Å². The monoisotopic (exact) mass is 279 g/mol. The second-order valence-corrected chi connectivity index (χ2v) is 6.91. The van der Waals surface area contributed by atoms with Gasteiger partial charge in [0.15, 0.2) is 5.69 Å². The van der Waals surface area contributed by atoms with Crippen molar-refractivity contribution in [2.24, 2.45) is 5.41 Å². The van der Waals surface area contributed by atoms with Crippen LogP contribution in [0.25, 0.3) is 0 Å². The zero-order chi connectivity index (χ0) is 15.0. The van der Waals surface area contributed by atoms with Crippen LogP contribution in [0.15, 0.2) is 6.07 Å². The van der Waals surface area contributed by atoms with Gasteiger partial charge in [0, 0.05) is 13.1 Å². The Labute approximate surface area is 120 Å². The molecule has 1 aromatic rings.